The summed E-state index contributed by atoms with van der Waals surface area (Å²) in [6.07, 6.45) is 7.57. The molecule has 1 heterocycles. The Morgan fingerprint density at radius 3 is 3.00 bits per heavy atom. The number of hydrogen-bond donors (Lipinski definition) is 1. The number of aryl methyl sites for hydroxylation is 1. The normalized spacial score (nSPS) is 11.9. The van der Waals surface area contributed by atoms with E-state index in [1.807, 2.05) is 17.8 Å². The molecular weight excluding hydrogens is 228 g/mol. The molecule has 0 fully saturated rings. The molecule has 0 bridgehead atoms. The molecule has 0 aromatic carbocycles. The second-order valence-corrected chi connectivity index (χ2v) is 4.19. The number of unbranched alkanes of at least 4 members (excludes halogenated alkanes) is 2. The van der Waals surface area contributed by atoms with Crippen molar-refractivity contribution in [1.29, 1.82) is 0 Å². The van der Waals surface area contributed by atoms with E-state index in [9.17, 15) is 0 Å². The average molecular weight is 250 g/mol. The van der Waals surface area contributed by atoms with Crippen LogP contribution in [0.5, 0.6) is 0 Å². The Morgan fingerprint density at radius 2 is 2.28 bits per heavy atom. The summed E-state index contributed by atoms with van der Waals surface area (Å²) in [5.74, 6) is 5.79. The first-order valence-corrected chi connectivity index (χ1v) is 6.40. The van der Waals surface area contributed by atoms with Gasteiger partial charge in [-0.1, -0.05) is 5.21 Å². The number of ether oxygens (including phenoxy) is 1. The van der Waals surface area contributed by atoms with E-state index in [1.54, 1.807) is 6.20 Å². The van der Waals surface area contributed by atoms with E-state index < -0.39 is 0 Å². The lowest BCUT2D eigenvalue weighted by molar-refractivity contribution is 0.117. The average Bonchev–Trinajstić information content (AvgIpc) is 2.88. The fraction of sp³-hybridized carbons (Fsp3) is 0.692. The Morgan fingerprint density at radius 1 is 1.39 bits per heavy atom. The van der Waals surface area contributed by atoms with Gasteiger partial charge in [-0.2, -0.15) is 0 Å². The van der Waals surface area contributed by atoms with Crippen molar-refractivity contribution in [3.8, 4) is 11.8 Å². The predicted octanol–water partition coefficient (Wildman–Crippen LogP) is 1.21. The molecule has 0 saturated carbocycles. The third kappa shape index (κ3) is 7.05. The van der Waals surface area contributed by atoms with Gasteiger partial charge in [0.25, 0.3) is 0 Å². The van der Waals surface area contributed by atoms with Gasteiger partial charge >= 0.3 is 0 Å². The van der Waals surface area contributed by atoms with Crippen LogP contribution in [-0.4, -0.2) is 34.2 Å². The van der Waals surface area contributed by atoms with E-state index in [1.165, 1.54) is 0 Å². The minimum absolute atomic E-state index is 0.0348. The van der Waals surface area contributed by atoms with Gasteiger partial charge in [-0.25, -0.2) is 0 Å². The van der Waals surface area contributed by atoms with Gasteiger partial charge in [-0.05, 0) is 26.2 Å². The van der Waals surface area contributed by atoms with Gasteiger partial charge in [0.1, 0.15) is 0 Å². The standard InChI is InChI=1S/C13H22N4O/c1-2-3-7-13(14)12-18-11-6-4-5-9-17-10-8-15-16-17/h8,10,13H,4-7,9,11-12,14H2,1H3. The lowest BCUT2D eigenvalue weighted by Gasteiger charge is -2.08. The van der Waals surface area contributed by atoms with Crippen molar-refractivity contribution >= 4 is 0 Å². The molecule has 1 aromatic heterocycles. The zero-order valence-corrected chi connectivity index (χ0v) is 11.0. The highest BCUT2D eigenvalue weighted by Gasteiger charge is 1.99. The molecule has 0 aliphatic carbocycles. The molecule has 1 aromatic rings. The molecule has 0 radical (unpaired) electrons. The van der Waals surface area contributed by atoms with Crippen molar-refractivity contribution in [2.45, 2.75) is 45.2 Å². The van der Waals surface area contributed by atoms with Crippen LogP contribution in [-0.2, 0) is 11.3 Å². The van der Waals surface area contributed by atoms with Crippen LogP contribution in [0.3, 0.4) is 0 Å². The third-order valence-electron chi connectivity index (χ3n) is 2.52. The maximum atomic E-state index is 5.82. The molecule has 0 amide bonds. The summed E-state index contributed by atoms with van der Waals surface area (Å²) in [6.45, 7) is 4.11. The van der Waals surface area contributed by atoms with Crippen LogP contribution in [0, 0.1) is 11.8 Å². The lowest BCUT2D eigenvalue weighted by atomic mass is 10.2. The topological polar surface area (TPSA) is 66.0 Å². The molecule has 5 heteroatoms. The van der Waals surface area contributed by atoms with Crippen LogP contribution >= 0.6 is 0 Å². The van der Waals surface area contributed by atoms with Gasteiger partial charge in [0.15, 0.2) is 0 Å². The summed E-state index contributed by atoms with van der Waals surface area (Å²) in [7, 11) is 0. The van der Waals surface area contributed by atoms with Gasteiger partial charge in [-0.3, -0.25) is 4.68 Å². The minimum atomic E-state index is 0.0348. The fourth-order valence-corrected chi connectivity index (χ4v) is 1.53. The van der Waals surface area contributed by atoms with Gasteiger partial charge < -0.3 is 10.5 Å². The molecule has 100 valence electrons. The third-order valence-corrected chi connectivity index (χ3v) is 2.52. The predicted molar refractivity (Wildman–Crippen MR) is 70.7 cm³/mol. The zero-order chi connectivity index (χ0) is 13.1. The Hall–Kier alpha value is -1.38. The summed E-state index contributed by atoms with van der Waals surface area (Å²) in [4.78, 5) is 0. The van der Waals surface area contributed by atoms with Gasteiger partial charge in [-0.15, -0.1) is 16.9 Å². The van der Waals surface area contributed by atoms with E-state index in [-0.39, 0.29) is 6.04 Å². The van der Waals surface area contributed by atoms with Crippen molar-refractivity contribution in [2.24, 2.45) is 5.73 Å². The van der Waals surface area contributed by atoms with E-state index >= 15 is 0 Å². The molecule has 0 aliphatic rings. The molecule has 1 unspecified atom stereocenters. The monoisotopic (exact) mass is 250 g/mol. The second-order valence-electron chi connectivity index (χ2n) is 4.19. The highest BCUT2D eigenvalue weighted by atomic mass is 16.5. The highest BCUT2D eigenvalue weighted by Crippen LogP contribution is 1.99. The van der Waals surface area contributed by atoms with Crippen LogP contribution < -0.4 is 5.73 Å². The molecule has 0 saturated heterocycles. The number of nitrogens with two attached hydrogens (primary N) is 1. The smallest absolute Gasteiger partial charge is 0.0692 e. The molecule has 0 spiro atoms. The van der Waals surface area contributed by atoms with Crippen molar-refractivity contribution in [3.05, 3.63) is 12.4 Å². The number of rotatable bonds is 9. The SMILES string of the molecule is CC#CCC(N)COCCCCCn1ccnn1. The number of aromatic nitrogens is 3. The largest absolute Gasteiger partial charge is 0.380 e. The van der Waals surface area contributed by atoms with Crippen LogP contribution in [0.15, 0.2) is 12.4 Å². The van der Waals surface area contributed by atoms with E-state index in [0.29, 0.717) is 13.0 Å². The van der Waals surface area contributed by atoms with E-state index in [4.69, 9.17) is 10.5 Å². The highest BCUT2D eigenvalue weighted by molar-refractivity contribution is 4.97. The van der Waals surface area contributed by atoms with Gasteiger partial charge in [0.2, 0.25) is 0 Å². The van der Waals surface area contributed by atoms with Gasteiger partial charge in [0, 0.05) is 31.8 Å². The molecule has 1 atom stereocenters. The molecule has 2 N–H and O–H groups in total. The molecule has 5 nitrogen and oxygen atoms in total. The maximum Gasteiger partial charge on any atom is 0.0692 e. The summed E-state index contributed by atoms with van der Waals surface area (Å²) < 4.78 is 7.35. The van der Waals surface area contributed by atoms with E-state index in [0.717, 1.165) is 32.4 Å². The number of nitrogens with zero attached hydrogens (tertiary/aromatic N) is 3. The van der Waals surface area contributed by atoms with Crippen LogP contribution in [0.25, 0.3) is 0 Å². The van der Waals surface area contributed by atoms with Crippen molar-refractivity contribution in [3.63, 3.8) is 0 Å². The van der Waals surface area contributed by atoms with Gasteiger partial charge in [0.05, 0.1) is 12.8 Å². The fourth-order valence-electron chi connectivity index (χ4n) is 1.53. The van der Waals surface area contributed by atoms with Crippen LogP contribution in [0.2, 0.25) is 0 Å². The Balaban J connectivity index is 1.87. The molecule has 1 rings (SSSR count). The first-order chi connectivity index (χ1) is 8.83. The molecule has 0 aliphatic heterocycles. The minimum Gasteiger partial charge on any atom is -0.380 e. The summed E-state index contributed by atoms with van der Waals surface area (Å²) in [6, 6.07) is 0.0348. The maximum absolute atomic E-state index is 5.82. The first kappa shape index (κ1) is 14.7. The summed E-state index contributed by atoms with van der Waals surface area (Å²) >= 11 is 0. The molecular formula is C13H22N4O. The van der Waals surface area contributed by atoms with Crippen molar-refractivity contribution in [1.82, 2.24) is 15.0 Å². The molecule has 18 heavy (non-hydrogen) atoms. The van der Waals surface area contributed by atoms with Crippen LogP contribution in [0.4, 0.5) is 0 Å². The van der Waals surface area contributed by atoms with Crippen molar-refractivity contribution in [2.75, 3.05) is 13.2 Å². The second kappa shape index (κ2) is 9.63. The van der Waals surface area contributed by atoms with E-state index in [2.05, 4.69) is 22.2 Å². The Bertz CT molecular complexity index is 353. The lowest BCUT2D eigenvalue weighted by Crippen LogP contribution is -2.25. The zero-order valence-electron chi connectivity index (χ0n) is 11.0. The summed E-state index contributed by atoms with van der Waals surface area (Å²) in [5.41, 5.74) is 5.82. The quantitative estimate of drug-likeness (QED) is 0.528. The Kier molecular flexibility index (Phi) is 7.85. The van der Waals surface area contributed by atoms with Crippen LogP contribution in [0.1, 0.15) is 32.6 Å². The first-order valence-electron chi connectivity index (χ1n) is 6.40. The Labute approximate surface area is 109 Å². The number of hydrogen-bond acceptors (Lipinski definition) is 4. The summed E-state index contributed by atoms with van der Waals surface area (Å²) in [5, 5.41) is 7.67. The van der Waals surface area contributed by atoms with Crippen molar-refractivity contribution < 1.29 is 4.74 Å².